The molecule has 1 aliphatic heterocycles. The second-order valence-corrected chi connectivity index (χ2v) is 7.98. The maximum atomic E-state index is 12.3. The van der Waals surface area contributed by atoms with Crippen LogP contribution in [0.3, 0.4) is 0 Å². The minimum atomic E-state index is -0.0618. The van der Waals surface area contributed by atoms with Crippen molar-refractivity contribution in [1.82, 2.24) is 24.8 Å². The van der Waals surface area contributed by atoms with Crippen LogP contribution in [0.2, 0.25) is 0 Å². The molecule has 3 aromatic heterocycles. The first-order chi connectivity index (χ1) is 16.0. The molecule has 33 heavy (non-hydrogen) atoms. The SMILES string of the molecule is C=C(C)CNC(=O)N1CCN(c2ccc(-c3cc(OCC)cn4ncc(C#N)c34)cn2)CC1. The molecule has 0 spiro atoms. The second kappa shape index (κ2) is 9.61. The fraction of sp³-hybridized carbons (Fsp3) is 0.333. The highest BCUT2D eigenvalue weighted by atomic mass is 16.5. The fourth-order valence-electron chi connectivity index (χ4n) is 3.85. The fourth-order valence-corrected chi connectivity index (χ4v) is 3.85. The van der Waals surface area contributed by atoms with Crippen molar-refractivity contribution in [3.63, 3.8) is 0 Å². The Hall–Kier alpha value is -4.06. The van der Waals surface area contributed by atoms with Crippen LogP contribution in [0.1, 0.15) is 19.4 Å². The third kappa shape index (κ3) is 4.75. The molecule has 0 atom stereocenters. The molecule has 0 saturated carbocycles. The number of carbonyl (C=O) groups is 1. The van der Waals surface area contributed by atoms with Gasteiger partial charge < -0.3 is 19.9 Å². The van der Waals surface area contributed by atoms with Gasteiger partial charge in [0.1, 0.15) is 17.6 Å². The van der Waals surface area contributed by atoms with E-state index in [1.54, 1.807) is 23.1 Å². The van der Waals surface area contributed by atoms with Crippen LogP contribution in [-0.4, -0.2) is 64.9 Å². The normalized spacial score (nSPS) is 13.6. The van der Waals surface area contributed by atoms with Crippen molar-refractivity contribution in [2.75, 3.05) is 44.2 Å². The van der Waals surface area contributed by atoms with Gasteiger partial charge in [-0.1, -0.05) is 12.2 Å². The van der Waals surface area contributed by atoms with Gasteiger partial charge in [0, 0.05) is 50.0 Å². The Morgan fingerprint density at radius 3 is 2.70 bits per heavy atom. The van der Waals surface area contributed by atoms with Gasteiger partial charge in [-0.2, -0.15) is 10.4 Å². The number of hydrogen-bond acceptors (Lipinski definition) is 6. The minimum Gasteiger partial charge on any atom is -0.492 e. The largest absolute Gasteiger partial charge is 0.492 e. The van der Waals surface area contributed by atoms with Gasteiger partial charge in [-0.15, -0.1) is 0 Å². The summed E-state index contributed by atoms with van der Waals surface area (Å²) in [6.45, 7) is 11.3. The van der Waals surface area contributed by atoms with E-state index in [-0.39, 0.29) is 6.03 Å². The van der Waals surface area contributed by atoms with Crippen LogP contribution in [0.5, 0.6) is 5.75 Å². The highest BCUT2D eigenvalue weighted by molar-refractivity contribution is 5.85. The maximum absolute atomic E-state index is 12.3. The van der Waals surface area contributed by atoms with Crippen LogP contribution in [0, 0.1) is 11.3 Å². The summed E-state index contributed by atoms with van der Waals surface area (Å²) in [5.74, 6) is 1.53. The van der Waals surface area contributed by atoms with Gasteiger partial charge in [0.05, 0.1) is 30.1 Å². The number of nitrogens with one attached hydrogen (secondary N) is 1. The molecule has 4 heterocycles. The lowest BCUT2D eigenvalue weighted by Gasteiger charge is -2.35. The Labute approximate surface area is 192 Å². The third-order valence-corrected chi connectivity index (χ3v) is 5.51. The first-order valence-electron chi connectivity index (χ1n) is 10.9. The molecule has 1 N–H and O–H groups in total. The number of fused-ring (bicyclic) bond motifs is 1. The van der Waals surface area contributed by atoms with Crippen LogP contribution in [0.15, 0.2) is 48.9 Å². The Morgan fingerprint density at radius 2 is 2.06 bits per heavy atom. The molecule has 2 amide bonds. The molecule has 9 nitrogen and oxygen atoms in total. The van der Waals surface area contributed by atoms with Gasteiger partial charge in [0.15, 0.2) is 0 Å². The number of ether oxygens (including phenoxy) is 1. The van der Waals surface area contributed by atoms with E-state index in [0.717, 1.165) is 28.0 Å². The Kier molecular flexibility index (Phi) is 6.45. The van der Waals surface area contributed by atoms with E-state index in [9.17, 15) is 10.1 Å². The lowest BCUT2D eigenvalue weighted by atomic mass is 10.1. The molecule has 1 aliphatic rings. The monoisotopic (exact) mass is 445 g/mol. The Morgan fingerprint density at radius 1 is 1.27 bits per heavy atom. The number of anilines is 1. The van der Waals surface area contributed by atoms with Crippen molar-refractivity contribution >= 4 is 17.4 Å². The second-order valence-electron chi connectivity index (χ2n) is 7.98. The molecule has 4 rings (SSSR count). The van der Waals surface area contributed by atoms with Gasteiger partial charge in [-0.05, 0) is 32.0 Å². The molecule has 9 heteroatoms. The number of nitrogens with zero attached hydrogens (tertiary/aromatic N) is 6. The molecule has 0 bridgehead atoms. The summed E-state index contributed by atoms with van der Waals surface area (Å²) in [4.78, 5) is 20.9. The van der Waals surface area contributed by atoms with Crippen LogP contribution < -0.4 is 15.0 Å². The lowest BCUT2D eigenvalue weighted by Crippen LogP contribution is -2.52. The smallest absolute Gasteiger partial charge is 0.317 e. The molecule has 170 valence electrons. The standard InChI is InChI=1S/C24H27N7O2/c1-4-33-20-11-21(23-19(12-25)15-28-31(23)16-20)18-5-6-22(26-14-18)29-7-9-30(10-8-29)24(32)27-13-17(2)3/h5-6,11,14-16H,2,4,7-10,13H2,1,3H3,(H,27,32). The van der Waals surface area contributed by atoms with Crippen LogP contribution in [-0.2, 0) is 0 Å². The topological polar surface area (TPSA) is 98.8 Å². The van der Waals surface area contributed by atoms with Gasteiger partial charge in [0.2, 0.25) is 0 Å². The molecule has 0 unspecified atom stereocenters. The summed E-state index contributed by atoms with van der Waals surface area (Å²) >= 11 is 0. The Balaban J connectivity index is 1.51. The van der Waals surface area contributed by atoms with Crippen LogP contribution >= 0.6 is 0 Å². The molecule has 3 aromatic rings. The summed E-state index contributed by atoms with van der Waals surface area (Å²) in [5.41, 5.74) is 3.87. The average molecular weight is 446 g/mol. The number of carbonyl (C=O) groups excluding carboxylic acids is 1. The average Bonchev–Trinajstić information content (AvgIpc) is 3.25. The maximum Gasteiger partial charge on any atom is 0.317 e. The number of piperazine rings is 1. The number of rotatable bonds is 6. The summed E-state index contributed by atoms with van der Waals surface area (Å²) in [7, 11) is 0. The van der Waals surface area contributed by atoms with E-state index in [1.807, 2.05) is 36.9 Å². The summed E-state index contributed by atoms with van der Waals surface area (Å²) in [5, 5.41) is 16.7. The summed E-state index contributed by atoms with van der Waals surface area (Å²) < 4.78 is 7.35. The van der Waals surface area contributed by atoms with Crippen LogP contribution in [0.25, 0.3) is 16.6 Å². The molecule has 1 saturated heterocycles. The van der Waals surface area contributed by atoms with Gasteiger partial charge in [-0.3, -0.25) is 0 Å². The minimum absolute atomic E-state index is 0.0618. The zero-order valence-corrected chi connectivity index (χ0v) is 18.9. The summed E-state index contributed by atoms with van der Waals surface area (Å²) in [6, 6.07) is 8.03. The highest BCUT2D eigenvalue weighted by Gasteiger charge is 2.22. The molecular weight excluding hydrogens is 418 g/mol. The van der Waals surface area contributed by atoms with Crippen molar-refractivity contribution in [2.45, 2.75) is 13.8 Å². The predicted octanol–water partition coefficient (Wildman–Crippen LogP) is 3.07. The van der Waals surface area contributed by atoms with E-state index in [0.29, 0.717) is 50.6 Å². The lowest BCUT2D eigenvalue weighted by molar-refractivity contribution is 0.195. The van der Waals surface area contributed by atoms with E-state index >= 15 is 0 Å². The van der Waals surface area contributed by atoms with Crippen molar-refractivity contribution in [3.05, 3.63) is 54.5 Å². The highest BCUT2D eigenvalue weighted by Crippen LogP contribution is 2.31. The van der Waals surface area contributed by atoms with Crippen molar-refractivity contribution in [3.8, 4) is 22.9 Å². The van der Waals surface area contributed by atoms with Crippen LogP contribution in [0.4, 0.5) is 10.6 Å². The number of pyridine rings is 2. The predicted molar refractivity (Wildman–Crippen MR) is 126 cm³/mol. The van der Waals surface area contributed by atoms with Gasteiger partial charge >= 0.3 is 6.03 Å². The number of amides is 2. The van der Waals surface area contributed by atoms with E-state index < -0.39 is 0 Å². The molecule has 0 radical (unpaired) electrons. The number of hydrogen-bond donors (Lipinski definition) is 1. The zero-order chi connectivity index (χ0) is 23.4. The molecule has 1 fully saturated rings. The van der Waals surface area contributed by atoms with Crippen molar-refractivity contribution < 1.29 is 9.53 Å². The number of urea groups is 1. The third-order valence-electron chi connectivity index (χ3n) is 5.51. The van der Waals surface area contributed by atoms with E-state index in [2.05, 4.69) is 32.9 Å². The zero-order valence-electron chi connectivity index (χ0n) is 18.9. The molecular formula is C24H27N7O2. The van der Waals surface area contributed by atoms with E-state index in [4.69, 9.17) is 4.74 Å². The number of nitriles is 1. The molecule has 0 aliphatic carbocycles. The van der Waals surface area contributed by atoms with Gasteiger partial charge in [0.25, 0.3) is 0 Å². The number of aromatic nitrogens is 3. The first kappa shape index (κ1) is 22.1. The van der Waals surface area contributed by atoms with Crippen molar-refractivity contribution in [1.29, 1.82) is 5.26 Å². The van der Waals surface area contributed by atoms with E-state index in [1.165, 1.54) is 0 Å². The van der Waals surface area contributed by atoms with Crippen molar-refractivity contribution in [2.24, 2.45) is 0 Å². The quantitative estimate of drug-likeness (QED) is 0.586. The molecule has 0 aromatic carbocycles. The summed E-state index contributed by atoms with van der Waals surface area (Å²) in [6.07, 6.45) is 5.14. The van der Waals surface area contributed by atoms with Gasteiger partial charge in [-0.25, -0.2) is 14.3 Å². The first-order valence-corrected chi connectivity index (χ1v) is 10.9. The Bertz CT molecular complexity index is 1200.